The number of aromatic nitrogens is 3. The Morgan fingerprint density at radius 3 is 2.68 bits per heavy atom. The Balaban J connectivity index is 1.61. The zero-order valence-corrected chi connectivity index (χ0v) is 17.7. The lowest BCUT2D eigenvalue weighted by atomic mass is 10.1. The van der Waals surface area contributed by atoms with Gasteiger partial charge >= 0.3 is 0 Å². The fourth-order valence-electron chi connectivity index (χ4n) is 2.75. The fraction of sp³-hybridized carbons (Fsp3) is 0.0476. The minimum atomic E-state index is -0.697. The van der Waals surface area contributed by atoms with Crippen molar-refractivity contribution in [2.24, 2.45) is 0 Å². The van der Waals surface area contributed by atoms with Gasteiger partial charge in [0.1, 0.15) is 10.9 Å². The van der Waals surface area contributed by atoms with Crippen LogP contribution in [-0.4, -0.2) is 15.2 Å². The highest BCUT2D eigenvalue weighted by atomic mass is 35.5. The number of ether oxygens (including phenoxy) is 1. The van der Waals surface area contributed by atoms with Gasteiger partial charge in [-0.3, -0.25) is 0 Å². The third kappa shape index (κ3) is 4.78. The molecular formula is C21H10Cl3FN4O2. The molecule has 0 fully saturated rings. The molecule has 2 heterocycles. The van der Waals surface area contributed by atoms with E-state index in [-0.39, 0.29) is 56.0 Å². The first-order valence-electron chi connectivity index (χ1n) is 8.72. The van der Waals surface area contributed by atoms with Gasteiger partial charge in [-0.2, -0.15) is 5.26 Å². The second-order valence-electron chi connectivity index (χ2n) is 6.28. The Morgan fingerprint density at radius 1 is 1.06 bits per heavy atom. The smallest absolute Gasteiger partial charge is 0.247 e. The molecule has 154 valence electrons. The molecule has 10 heteroatoms. The summed E-state index contributed by atoms with van der Waals surface area (Å²) < 4.78 is 26.4. The van der Waals surface area contributed by atoms with Crippen LogP contribution in [0, 0.1) is 17.1 Å². The molecule has 0 N–H and O–H groups in total. The van der Waals surface area contributed by atoms with Gasteiger partial charge in [-0.25, -0.2) is 9.37 Å². The zero-order chi connectivity index (χ0) is 22.0. The number of halogens is 4. The summed E-state index contributed by atoms with van der Waals surface area (Å²) in [4.78, 5) is 3.89. The highest BCUT2D eigenvalue weighted by Crippen LogP contribution is 2.36. The summed E-state index contributed by atoms with van der Waals surface area (Å²) in [7, 11) is 0. The molecule has 0 amide bonds. The van der Waals surface area contributed by atoms with Crippen LogP contribution in [0.1, 0.15) is 17.0 Å². The van der Waals surface area contributed by atoms with Crippen LogP contribution in [0.5, 0.6) is 11.5 Å². The van der Waals surface area contributed by atoms with E-state index in [0.717, 1.165) is 0 Å². The predicted molar refractivity (Wildman–Crippen MR) is 113 cm³/mol. The van der Waals surface area contributed by atoms with E-state index in [9.17, 15) is 0 Å². The van der Waals surface area contributed by atoms with E-state index >= 15 is 4.39 Å². The molecule has 0 aliphatic carbocycles. The van der Waals surface area contributed by atoms with Crippen molar-refractivity contribution in [2.45, 2.75) is 6.42 Å². The van der Waals surface area contributed by atoms with Crippen molar-refractivity contribution in [1.82, 2.24) is 15.2 Å². The molecule has 0 unspecified atom stereocenters. The van der Waals surface area contributed by atoms with E-state index in [0.29, 0.717) is 5.56 Å². The summed E-state index contributed by atoms with van der Waals surface area (Å²) in [5, 5.41) is 17.6. The van der Waals surface area contributed by atoms with Crippen molar-refractivity contribution in [3.8, 4) is 29.0 Å². The van der Waals surface area contributed by atoms with E-state index in [4.69, 9.17) is 49.2 Å². The van der Waals surface area contributed by atoms with Crippen LogP contribution in [0.3, 0.4) is 0 Å². The molecule has 0 saturated heterocycles. The van der Waals surface area contributed by atoms with Crippen LogP contribution in [0.15, 0.2) is 53.1 Å². The first-order chi connectivity index (χ1) is 14.9. The quantitative estimate of drug-likeness (QED) is 0.307. The SMILES string of the molecule is N#Cc1cc(Cl)cc(Oc2c(Cl)ccc(Cc3nnc(-c4ccnc(Cl)c4)o3)c2F)c1. The second-order valence-corrected chi connectivity index (χ2v) is 7.51. The third-order valence-corrected chi connectivity index (χ3v) is 4.85. The zero-order valence-electron chi connectivity index (χ0n) is 15.4. The predicted octanol–water partition coefficient (Wildman–Crippen LogP) is 6.49. The molecule has 2 aromatic carbocycles. The molecule has 4 rings (SSSR count). The van der Waals surface area contributed by atoms with Crippen LogP contribution in [-0.2, 0) is 6.42 Å². The van der Waals surface area contributed by atoms with Gasteiger partial charge < -0.3 is 9.15 Å². The van der Waals surface area contributed by atoms with Crippen LogP contribution in [0.2, 0.25) is 15.2 Å². The van der Waals surface area contributed by atoms with Crippen molar-refractivity contribution < 1.29 is 13.5 Å². The summed E-state index contributed by atoms with van der Waals surface area (Å²) in [5.74, 6) is -0.307. The average molecular weight is 476 g/mol. The van der Waals surface area contributed by atoms with Gasteiger partial charge in [0.05, 0.1) is 23.1 Å². The molecule has 2 aromatic heterocycles. The molecule has 0 aliphatic rings. The van der Waals surface area contributed by atoms with Crippen LogP contribution < -0.4 is 4.74 Å². The standard InChI is InChI=1S/C21H10Cl3FN4O2/c22-14-5-11(10-26)6-15(9-14)30-20-16(23)2-1-12(19(20)25)8-18-28-29-21(31-18)13-3-4-27-17(24)7-13/h1-7,9H,8H2. The number of benzene rings is 2. The molecule has 0 bridgehead atoms. The van der Waals surface area contributed by atoms with Gasteiger partial charge in [0.2, 0.25) is 11.8 Å². The van der Waals surface area contributed by atoms with Crippen LogP contribution in [0.4, 0.5) is 4.39 Å². The van der Waals surface area contributed by atoms with E-state index in [1.807, 2.05) is 6.07 Å². The van der Waals surface area contributed by atoms with Crippen LogP contribution >= 0.6 is 34.8 Å². The molecule has 4 aromatic rings. The molecule has 31 heavy (non-hydrogen) atoms. The summed E-state index contributed by atoms with van der Waals surface area (Å²) in [6.07, 6.45) is 1.52. The topological polar surface area (TPSA) is 84.8 Å². The maximum absolute atomic E-state index is 15.1. The Hall–Kier alpha value is -3.18. The van der Waals surface area contributed by atoms with Gasteiger partial charge in [-0.1, -0.05) is 40.9 Å². The van der Waals surface area contributed by atoms with Crippen LogP contribution in [0.25, 0.3) is 11.5 Å². The Morgan fingerprint density at radius 2 is 1.90 bits per heavy atom. The minimum absolute atomic E-state index is 0.00414. The van der Waals surface area contributed by atoms with Gasteiger partial charge in [0, 0.05) is 22.3 Å². The maximum Gasteiger partial charge on any atom is 0.247 e. The fourth-order valence-corrected chi connectivity index (χ4v) is 3.33. The average Bonchev–Trinajstić information content (AvgIpc) is 3.21. The highest BCUT2D eigenvalue weighted by molar-refractivity contribution is 6.32. The monoisotopic (exact) mass is 474 g/mol. The number of rotatable bonds is 5. The summed E-state index contributed by atoms with van der Waals surface area (Å²) >= 11 is 18.0. The van der Waals surface area contributed by atoms with Crippen molar-refractivity contribution in [3.05, 3.63) is 86.7 Å². The van der Waals surface area contributed by atoms with Crippen molar-refractivity contribution >= 4 is 34.8 Å². The first kappa shape index (κ1) is 21.1. The van der Waals surface area contributed by atoms with E-state index in [1.165, 1.54) is 36.5 Å². The molecule has 0 spiro atoms. The van der Waals surface area contributed by atoms with E-state index in [2.05, 4.69) is 15.2 Å². The molecule has 0 atom stereocenters. The Bertz CT molecular complexity index is 1320. The lowest BCUT2D eigenvalue weighted by molar-refractivity contribution is 0.437. The normalized spacial score (nSPS) is 10.7. The number of pyridine rings is 1. The second kappa shape index (κ2) is 8.90. The molecule has 0 radical (unpaired) electrons. The summed E-state index contributed by atoms with van der Waals surface area (Å²) in [5.41, 5.74) is 1.09. The minimum Gasteiger partial charge on any atom is -0.453 e. The first-order valence-corrected chi connectivity index (χ1v) is 9.86. The Labute approximate surface area is 190 Å². The number of nitriles is 1. The Kier molecular flexibility index (Phi) is 6.05. The lowest BCUT2D eigenvalue weighted by Gasteiger charge is -2.11. The summed E-state index contributed by atoms with van der Waals surface area (Å²) in [6.45, 7) is 0. The summed E-state index contributed by atoms with van der Waals surface area (Å²) in [6, 6.07) is 12.5. The molecular weight excluding hydrogens is 466 g/mol. The molecule has 6 nitrogen and oxygen atoms in total. The van der Waals surface area contributed by atoms with Crippen molar-refractivity contribution in [2.75, 3.05) is 0 Å². The number of hydrogen-bond donors (Lipinski definition) is 0. The highest BCUT2D eigenvalue weighted by Gasteiger charge is 2.18. The van der Waals surface area contributed by atoms with E-state index < -0.39 is 5.82 Å². The van der Waals surface area contributed by atoms with Gasteiger partial charge in [-0.15, -0.1) is 10.2 Å². The van der Waals surface area contributed by atoms with E-state index in [1.54, 1.807) is 12.1 Å². The van der Waals surface area contributed by atoms with Crippen molar-refractivity contribution in [3.63, 3.8) is 0 Å². The number of hydrogen-bond acceptors (Lipinski definition) is 6. The van der Waals surface area contributed by atoms with Gasteiger partial charge in [0.15, 0.2) is 11.6 Å². The number of nitrogens with zero attached hydrogens (tertiary/aromatic N) is 4. The largest absolute Gasteiger partial charge is 0.453 e. The van der Waals surface area contributed by atoms with Crippen molar-refractivity contribution in [1.29, 1.82) is 5.26 Å². The van der Waals surface area contributed by atoms with Gasteiger partial charge in [0.25, 0.3) is 0 Å². The molecule has 0 saturated carbocycles. The van der Waals surface area contributed by atoms with Gasteiger partial charge in [-0.05, 0) is 36.4 Å². The third-order valence-electron chi connectivity index (χ3n) is 4.13. The maximum atomic E-state index is 15.1. The lowest BCUT2D eigenvalue weighted by Crippen LogP contribution is -1.98. The molecule has 0 aliphatic heterocycles.